The molecule has 0 unspecified atom stereocenters. The highest BCUT2D eigenvalue weighted by Gasteiger charge is 2.20. The standard InChI is InChI=1S/C21H24N6O/c28-21(25-19-7-8-20(22-15-19)27-12-4-11-23-27)24-18-9-13-26(14-10-18)16-17-5-2-1-3-6-17/h1-8,11-12,15,18H,9-10,13-14,16H2,(H2,24,25,28). The summed E-state index contributed by atoms with van der Waals surface area (Å²) in [6.45, 7) is 2.94. The fourth-order valence-electron chi connectivity index (χ4n) is 3.43. The molecule has 1 aliphatic heterocycles. The maximum absolute atomic E-state index is 12.3. The maximum atomic E-state index is 12.3. The molecule has 1 fully saturated rings. The Kier molecular flexibility index (Phi) is 5.63. The summed E-state index contributed by atoms with van der Waals surface area (Å²) in [7, 11) is 0. The van der Waals surface area contributed by atoms with Gasteiger partial charge in [-0.3, -0.25) is 4.90 Å². The molecule has 28 heavy (non-hydrogen) atoms. The highest BCUT2D eigenvalue weighted by molar-refractivity contribution is 5.89. The van der Waals surface area contributed by atoms with E-state index in [1.165, 1.54) is 5.56 Å². The molecular weight excluding hydrogens is 352 g/mol. The second-order valence-electron chi connectivity index (χ2n) is 6.99. The van der Waals surface area contributed by atoms with Crippen molar-refractivity contribution in [3.8, 4) is 5.82 Å². The molecule has 2 aromatic heterocycles. The van der Waals surface area contributed by atoms with Crippen molar-refractivity contribution in [2.45, 2.75) is 25.4 Å². The van der Waals surface area contributed by atoms with E-state index < -0.39 is 0 Å². The molecule has 3 aromatic rings. The lowest BCUT2D eigenvalue weighted by atomic mass is 10.0. The first-order valence-electron chi connectivity index (χ1n) is 9.56. The first-order valence-corrected chi connectivity index (χ1v) is 9.56. The number of amides is 2. The smallest absolute Gasteiger partial charge is 0.319 e. The second kappa shape index (κ2) is 8.67. The van der Waals surface area contributed by atoms with Gasteiger partial charge >= 0.3 is 6.03 Å². The lowest BCUT2D eigenvalue weighted by molar-refractivity contribution is 0.190. The summed E-state index contributed by atoms with van der Waals surface area (Å²) in [5.41, 5.74) is 1.99. The quantitative estimate of drug-likeness (QED) is 0.718. The monoisotopic (exact) mass is 376 g/mol. The van der Waals surface area contributed by atoms with Gasteiger partial charge in [0.25, 0.3) is 0 Å². The van der Waals surface area contributed by atoms with Gasteiger partial charge in [0, 0.05) is 38.1 Å². The van der Waals surface area contributed by atoms with E-state index in [4.69, 9.17) is 0 Å². The number of hydrogen-bond acceptors (Lipinski definition) is 4. The Bertz CT molecular complexity index is 871. The molecule has 0 radical (unpaired) electrons. The summed E-state index contributed by atoms with van der Waals surface area (Å²) in [4.78, 5) is 19.0. The molecule has 0 spiro atoms. The van der Waals surface area contributed by atoms with Crippen LogP contribution in [0.3, 0.4) is 0 Å². The Balaban J connectivity index is 1.22. The van der Waals surface area contributed by atoms with Gasteiger partial charge < -0.3 is 10.6 Å². The van der Waals surface area contributed by atoms with Crippen LogP contribution in [-0.4, -0.2) is 44.8 Å². The number of nitrogens with zero attached hydrogens (tertiary/aromatic N) is 4. The third kappa shape index (κ3) is 4.75. The number of pyridine rings is 1. The van der Waals surface area contributed by atoms with Crippen LogP contribution in [-0.2, 0) is 6.54 Å². The van der Waals surface area contributed by atoms with Crippen LogP contribution in [0.25, 0.3) is 5.82 Å². The zero-order valence-electron chi connectivity index (χ0n) is 15.7. The first kappa shape index (κ1) is 18.2. The van der Waals surface area contributed by atoms with E-state index in [0.29, 0.717) is 11.5 Å². The summed E-state index contributed by atoms with van der Waals surface area (Å²) in [5, 5.41) is 10.1. The predicted octanol–water partition coefficient (Wildman–Crippen LogP) is 3.05. The van der Waals surface area contributed by atoms with Crippen LogP contribution < -0.4 is 10.6 Å². The normalized spacial score (nSPS) is 15.3. The van der Waals surface area contributed by atoms with E-state index in [-0.39, 0.29) is 12.1 Å². The van der Waals surface area contributed by atoms with Crippen LogP contribution in [0, 0.1) is 0 Å². The van der Waals surface area contributed by atoms with Crippen molar-refractivity contribution in [2.75, 3.05) is 18.4 Å². The number of carbonyl (C=O) groups is 1. The molecule has 4 rings (SSSR count). The largest absolute Gasteiger partial charge is 0.335 e. The van der Waals surface area contributed by atoms with Crippen molar-refractivity contribution < 1.29 is 4.79 Å². The molecule has 2 N–H and O–H groups in total. The second-order valence-corrected chi connectivity index (χ2v) is 6.99. The molecule has 7 nitrogen and oxygen atoms in total. The number of nitrogens with one attached hydrogen (secondary N) is 2. The Hall–Kier alpha value is -3.19. The van der Waals surface area contributed by atoms with Gasteiger partial charge in [-0.25, -0.2) is 14.5 Å². The summed E-state index contributed by atoms with van der Waals surface area (Å²) < 4.78 is 1.67. The number of hydrogen-bond donors (Lipinski definition) is 2. The van der Waals surface area contributed by atoms with Crippen LogP contribution in [0.2, 0.25) is 0 Å². The van der Waals surface area contributed by atoms with E-state index in [0.717, 1.165) is 32.5 Å². The summed E-state index contributed by atoms with van der Waals surface area (Å²) in [6.07, 6.45) is 7.07. The number of urea groups is 1. The van der Waals surface area contributed by atoms with Crippen LogP contribution in [0.15, 0.2) is 67.1 Å². The third-order valence-corrected chi connectivity index (χ3v) is 4.92. The maximum Gasteiger partial charge on any atom is 0.319 e. The summed E-state index contributed by atoms with van der Waals surface area (Å²) in [6, 6.07) is 16.0. The number of anilines is 1. The van der Waals surface area contributed by atoms with Gasteiger partial charge in [0.15, 0.2) is 5.82 Å². The fraction of sp³-hybridized carbons (Fsp3) is 0.286. The van der Waals surface area contributed by atoms with Crippen LogP contribution in [0.1, 0.15) is 18.4 Å². The summed E-state index contributed by atoms with van der Waals surface area (Å²) >= 11 is 0. The number of piperidine rings is 1. The first-order chi connectivity index (χ1) is 13.8. The minimum atomic E-state index is -0.185. The van der Waals surface area contributed by atoms with Crippen LogP contribution in [0.5, 0.6) is 0 Å². The molecule has 144 valence electrons. The van der Waals surface area contributed by atoms with Gasteiger partial charge in [-0.2, -0.15) is 5.10 Å². The predicted molar refractivity (Wildman–Crippen MR) is 108 cm³/mol. The average Bonchev–Trinajstić information content (AvgIpc) is 3.26. The van der Waals surface area contributed by atoms with Gasteiger partial charge in [-0.05, 0) is 36.6 Å². The van der Waals surface area contributed by atoms with Crippen molar-refractivity contribution in [3.63, 3.8) is 0 Å². The fourth-order valence-corrected chi connectivity index (χ4v) is 3.43. The van der Waals surface area contributed by atoms with Gasteiger partial charge in [-0.15, -0.1) is 0 Å². The molecule has 0 atom stereocenters. The molecule has 3 heterocycles. The highest BCUT2D eigenvalue weighted by Crippen LogP contribution is 2.14. The minimum absolute atomic E-state index is 0.185. The van der Waals surface area contributed by atoms with E-state index >= 15 is 0 Å². The molecule has 1 aliphatic rings. The highest BCUT2D eigenvalue weighted by atomic mass is 16.2. The van der Waals surface area contributed by atoms with Gasteiger partial charge in [0.1, 0.15) is 0 Å². The zero-order chi connectivity index (χ0) is 19.2. The summed E-state index contributed by atoms with van der Waals surface area (Å²) in [5.74, 6) is 0.710. The molecule has 7 heteroatoms. The Morgan fingerprint density at radius 3 is 2.57 bits per heavy atom. The van der Waals surface area contributed by atoms with E-state index in [1.807, 2.05) is 30.5 Å². The van der Waals surface area contributed by atoms with Gasteiger partial charge in [0.05, 0.1) is 11.9 Å². The lowest BCUT2D eigenvalue weighted by Gasteiger charge is -2.32. The molecule has 2 amide bonds. The minimum Gasteiger partial charge on any atom is -0.335 e. The Morgan fingerprint density at radius 1 is 1.07 bits per heavy atom. The van der Waals surface area contributed by atoms with Gasteiger partial charge in [0.2, 0.25) is 0 Å². The third-order valence-electron chi connectivity index (χ3n) is 4.92. The van der Waals surface area contributed by atoms with Crippen molar-refractivity contribution >= 4 is 11.7 Å². The number of likely N-dealkylation sites (tertiary alicyclic amines) is 1. The van der Waals surface area contributed by atoms with Crippen molar-refractivity contribution in [1.82, 2.24) is 25.0 Å². The lowest BCUT2D eigenvalue weighted by Crippen LogP contribution is -2.45. The van der Waals surface area contributed by atoms with Crippen molar-refractivity contribution in [2.24, 2.45) is 0 Å². The molecule has 1 aromatic carbocycles. The average molecular weight is 376 g/mol. The number of carbonyl (C=O) groups excluding carboxylic acids is 1. The van der Waals surface area contributed by atoms with Crippen molar-refractivity contribution in [1.29, 1.82) is 0 Å². The van der Waals surface area contributed by atoms with E-state index in [2.05, 4.69) is 49.9 Å². The zero-order valence-corrected chi connectivity index (χ0v) is 15.7. The Labute approximate surface area is 164 Å². The molecule has 0 aliphatic carbocycles. The SMILES string of the molecule is O=C(Nc1ccc(-n2cccn2)nc1)NC1CCN(Cc2ccccc2)CC1. The number of benzene rings is 1. The number of aromatic nitrogens is 3. The molecule has 1 saturated heterocycles. The number of rotatable bonds is 5. The molecule has 0 saturated carbocycles. The van der Waals surface area contributed by atoms with Crippen LogP contribution in [0.4, 0.5) is 10.5 Å². The van der Waals surface area contributed by atoms with E-state index in [1.54, 1.807) is 17.1 Å². The van der Waals surface area contributed by atoms with Gasteiger partial charge in [-0.1, -0.05) is 30.3 Å². The molecular formula is C21H24N6O. The Morgan fingerprint density at radius 2 is 1.89 bits per heavy atom. The van der Waals surface area contributed by atoms with E-state index in [9.17, 15) is 4.79 Å². The van der Waals surface area contributed by atoms with Crippen LogP contribution >= 0.6 is 0 Å². The topological polar surface area (TPSA) is 75.1 Å². The molecule has 0 bridgehead atoms. The van der Waals surface area contributed by atoms with Crippen molar-refractivity contribution in [3.05, 3.63) is 72.7 Å².